The van der Waals surface area contributed by atoms with Gasteiger partial charge in [0.2, 0.25) is 5.91 Å². The summed E-state index contributed by atoms with van der Waals surface area (Å²) < 4.78 is 0. The molecule has 1 fully saturated rings. The van der Waals surface area contributed by atoms with Crippen molar-refractivity contribution in [1.82, 2.24) is 5.32 Å². The number of anilines is 1. The summed E-state index contributed by atoms with van der Waals surface area (Å²) >= 11 is 1.63. The van der Waals surface area contributed by atoms with Gasteiger partial charge in [-0.3, -0.25) is 4.79 Å². The molecule has 1 N–H and O–H groups in total. The number of piperidine rings is 1. The van der Waals surface area contributed by atoms with Gasteiger partial charge in [-0.05, 0) is 63.4 Å². The Morgan fingerprint density at radius 2 is 1.77 bits per heavy atom. The molecule has 0 radical (unpaired) electrons. The lowest BCUT2D eigenvalue weighted by Crippen LogP contribution is -2.46. The standard InChI is InChI=1S/C22H28N2OS/c1-16-7-9-21(10-8-16)26-18(3)22(25)23-19-11-13-24(14-12-19)20-6-4-5-17(2)15-20/h4-10,15,18-19H,11-14H2,1-3H3,(H,23,25)/t18-/m0/s1. The lowest BCUT2D eigenvalue weighted by atomic mass is 10.0. The largest absolute Gasteiger partial charge is 0.371 e. The topological polar surface area (TPSA) is 32.3 Å². The van der Waals surface area contributed by atoms with Crippen LogP contribution in [-0.2, 0) is 4.79 Å². The van der Waals surface area contributed by atoms with Crippen LogP contribution in [0.15, 0.2) is 53.4 Å². The minimum atomic E-state index is -0.0764. The van der Waals surface area contributed by atoms with Crippen molar-refractivity contribution >= 4 is 23.4 Å². The zero-order valence-electron chi connectivity index (χ0n) is 15.9. The first-order chi connectivity index (χ1) is 12.5. The average Bonchev–Trinajstić information content (AvgIpc) is 2.64. The molecule has 1 aliphatic heterocycles. The number of hydrogen-bond acceptors (Lipinski definition) is 3. The third kappa shape index (κ3) is 5.04. The van der Waals surface area contributed by atoms with Crippen LogP contribution in [-0.4, -0.2) is 30.3 Å². The maximum absolute atomic E-state index is 12.5. The van der Waals surface area contributed by atoms with Gasteiger partial charge >= 0.3 is 0 Å². The second-order valence-electron chi connectivity index (χ2n) is 7.18. The number of carbonyl (C=O) groups is 1. The van der Waals surface area contributed by atoms with Crippen molar-refractivity contribution in [2.24, 2.45) is 0 Å². The molecular weight excluding hydrogens is 340 g/mol. The smallest absolute Gasteiger partial charge is 0.233 e. The molecule has 0 spiro atoms. The van der Waals surface area contributed by atoms with Crippen LogP contribution in [0.25, 0.3) is 0 Å². The Kier molecular flexibility index (Phi) is 6.25. The molecule has 0 aromatic heterocycles. The maximum Gasteiger partial charge on any atom is 0.233 e. The molecule has 1 saturated heterocycles. The van der Waals surface area contributed by atoms with Gasteiger partial charge in [-0.15, -0.1) is 11.8 Å². The fourth-order valence-electron chi connectivity index (χ4n) is 3.30. The van der Waals surface area contributed by atoms with Crippen LogP contribution in [0.3, 0.4) is 0 Å². The Bertz CT molecular complexity index is 736. The monoisotopic (exact) mass is 368 g/mol. The fraction of sp³-hybridized carbons (Fsp3) is 0.409. The van der Waals surface area contributed by atoms with E-state index >= 15 is 0 Å². The number of carbonyl (C=O) groups excluding carboxylic acids is 1. The molecule has 0 aliphatic carbocycles. The SMILES string of the molecule is Cc1ccc(S[C@@H](C)C(=O)NC2CCN(c3cccc(C)c3)CC2)cc1. The summed E-state index contributed by atoms with van der Waals surface area (Å²) in [5.74, 6) is 0.143. The molecule has 26 heavy (non-hydrogen) atoms. The van der Waals surface area contributed by atoms with Crippen molar-refractivity contribution in [2.75, 3.05) is 18.0 Å². The highest BCUT2D eigenvalue weighted by molar-refractivity contribution is 8.00. The van der Waals surface area contributed by atoms with Crippen LogP contribution in [0.2, 0.25) is 0 Å². The minimum Gasteiger partial charge on any atom is -0.371 e. The quantitative estimate of drug-likeness (QED) is 0.785. The lowest BCUT2D eigenvalue weighted by Gasteiger charge is -2.34. The Morgan fingerprint density at radius 1 is 1.08 bits per heavy atom. The van der Waals surface area contributed by atoms with Gasteiger partial charge in [0, 0.05) is 29.7 Å². The van der Waals surface area contributed by atoms with Gasteiger partial charge in [0.15, 0.2) is 0 Å². The molecule has 2 aromatic rings. The number of rotatable bonds is 5. The van der Waals surface area contributed by atoms with E-state index in [0.717, 1.165) is 30.8 Å². The zero-order chi connectivity index (χ0) is 18.5. The predicted molar refractivity (Wildman–Crippen MR) is 111 cm³/mol. The van der Waals surface area contributed by atoms with Crippen molar-refractivity contribution in [3.63, 3.8) is 0 Å². The van der Waals surface area contributed by atoms with E-state index in [4.69, 9.17) is 0 Å². The molecule has 1 atom stereocenters. The van der Waals surface area contributed by atoms with E-state index < -0.39 is 0 Å². The van der Waals surface area contributed by atoms with Gasteiger partial charge in [-0.25, -0.2) is 0 Å². The molecule has 0 bridgehead atoms. The average molecular weight is 369 g/mol. The maximum atomic E-state index is 12.5. The first-order valence-corrected chi connectivity index (χ1v) is 10.2. The van der Waals surface area contributed by atoms with Crippen LogP contribution in [0.5, 0.6) is 0 Å². The zero-order valence-corrected chi connectivity index (χ0v) is 16.7. The summed E-state index contributed by atoms with van der Waals surface area (Å²) in [5.41, 5.74) is 3.82. The molecule has 2 aromatic carbocycles. The summed E-state index contributed by atoms with van der Waals surface area (Å²) in [6, 6.07) is 17.3. The molecule has 1 amide bonds. The van der Waals surface area contributed by atoms with Crippen LogP contribution in [0, 0.1) is 13.8 Å². The van der Waals surface area contributed by atoms with Crippen LogP contribution in [0.4, 0.5) is 5.69 Å². The number of aryl methyl sites for hydroxylation is 2. The van der Waals surface area contributed by atoms with Crippen molar-refractivity contribution < 1.29 is 4.79 Å². The Hall–Kier alpha value is -1.94. The van der Waals surface area contributed by atoms with Gasteiger partial charge in [0.1, 0.15) is 0 Å². The van der Waals surface area contributed by atoms with Crippen LogP contribution >= 0.6 is 11.8 Å². The fourth-order valence-corrected chi connectivity index (χ4v) is 4.18. The number of nitrogens with one attached hydrogen (secondary N) is 1. The summed E-state index contributed by atoms with van der Waals surface area (Å²) in [6.07, 6.45) is 2.00. The predicted octanol–water partition coefficient (Wildman–Crippen LogP) is 4.57. The first kappa shape index (κ1) is 18.8. The second kappa shape index (κ2) is 8.63. The van der Waals surface area contributed by atoms with Crippen molar-refractivity contribution in [2.45, 2.75) is 49.8 Å². The molecular formula is C22H28N2OS. The molecule has 3 rings (SSSR count). The highest BCUT2D eigenvalue weighted by Gasteiger charge is 2.23. The third-order valence-corrected chi connectivity index (χ3v) is 6.02. The molecule has 0 saturated carbocycles. The summed E-state index contributed by atoms with van der Waals surface area (Å²) in [7, 11) is 0. The molecule has 4 heteroatoms. The summed E-state index contributed by atoms with van der Waals surface area (Å²) in [6.45, 7) is 8.18. The van der Waals surface area contributed by atoms with Gasteiger partial charge in [0.25, 0.3) is 0 Å². The molecule has 3 nitrogen and oxygen atoms in total. The third-order valence-electron chi connectivity index (χ3n) is 4.91. The van der Waals surface area contributed by atoms with E-state index in [1.54, 1.807) is 11.8 Å². The number of benzene rings is 2. The lowest BCUT2D eigenvalue weighted by molar-refractivity contribution is -0.121. The minimum absolute atomic E-state index is 0.0764. The van der Waals surface area contributed by atoms with E-state index in [0.29, 0.717) is 0 Å². The Morgan fingerprint density at radius 3 is 2.42 bits per heavy atom. The van der Waals surface area contributed by atoms with E-state index in [9.17, 15) is 4.79 Å². The normalized spacial score (nSPS) is 16.3. The number of thioether (sulfide) groups is 1. The second-order valence-corrected chi connectivity index (χ2v) is 8.60. The van der Waals surface area contributed by atoms with Gasteiger partial charge < -0.3 is 10.2 Å². The van der Waals surface area contributed by atoms with Gasteiger partial charge in [0.05, 0.1) is 5.25 Å². The van der Waals surface area contributed by atoms with E-state index in [2.05, 4.69) is 72.6 Å². The van der Waals surface area contributed by atoms with E-state index in [1.165, 1.54) is 16.8 Å². The van der Waals surface area contributed by atoms with E-state index in [-0.39, 0.29) is 17.2 Å². The van der Waals surface area contributed by atoms with Crippen molar-refractivity contribution in [3.05, 3.63) is 59.7 Å². The van der Waals surface area contributed by atoms with Crippen LogP contribution in [0.1, 0.15) is 30.9 Å². The molecule has 1 aliphatic rings. The number of amides is 1. The summed E-state index contributed by atoms with van der Waals surface area (Å²) in [4.78, 5) is 16.1. The first-order valence-electron chi connectivity index (χ1n) is 9.36. The number of hydrogen-bond donors (Lipinski definition) is 1. The number of nitrogens with zero attached hydrogens (tertiary/aromatic N) is 1. The highest BCUT2D eigenvalue weighted by atomic mass is 32.2. The van der Waals surface area contributed by atoms with Gasteiger partial charge in [-0.1, -0.05) is 29.8 Å². The highest BCUT2D eigenvalue weighted by Crippen LogP contribution is 2.25. The van der Waals surface area contributed by atoms with Crippen molar-refractivity contribution in [3.8, 4) is 0 Å². The molecule has 0 unspecified atom stereocenters. The molecule has 1 heterocycles. The Balaban J connectivity index is 1.47. The van der Waals surface area contributed by atoms with E-state index in [1.807, 2.05) is 6.92 Å². The Labute approximate surface area is 161 Å². The van der Waals surface area contributed by atoms with Crippen LogP contribution < -0.4 is 10.2 Å². The molecule has 138 valence electrons. The van der Waals surface area contributed by atoms with Gasteiger partial charge in [-0.2, -0.15) is 0 Å². The van der Waals surface area contributed by atoms with Crippen molar-refractivity contribution in [1.29, 1.82) is 0 Å². The summed E-state index contributed by atoms with van der Waals surface area (Å²) in [5, 5.41) is 3.17.